The molecule has 2 aromatic heterocycles. The Morgan fingerprint density at radius 2 is 1.90 bits per heavy atom. The lowest BCUT2D eigenvalue weighted by Gasteiger charge is -2.04. The van der Waals surface area contributed by atoms with Gasteiger partial charge in [0.1, 0.15) is 28.9 Å². The number of nitriles is 2. The van der Waals surface area contributed by atoms with Crippen LogP contribution in [0.4, 0.5) is 0 Å². The van der Waals surface area contributed by atoms with Gasteiger partial charge in [-0.1, -0.05) is 12.1 Å². The minimum atomic E-state index is -0.400. The van der Waals surface area contributed by atoms with Gasteiger partial charge in [-0.3, -0.25) is 9.20 Å². The fraction of sp³-hybridized carbons (Fsp3) is 0.0714. The SMILES string of the molecule is CSc1c(C#N)c(=O)n2c([nH]c3ccccc32)c1C#N. The molecule has 0 spiro atoms. The van der Waals surface area contributed by atoms with Gasteiger partial charge in [-0.05, 0) is 18.4 Å². The molecule has 0 aliphatic carbocycles. The van der Waals surface area contributed by atoms with Crippen LogP contribution in [0.3, 0.4) is 0 Å². The number of hydrogen-bond acceptors (Lipinski definition) is 4. The molecule has 20 heavy (non-hydrogen) atoms. The number of nitrogens with one attached hydrogen (secondary N) is 1. The molecule has 96 valence electrons. The van der Waals surface area contributed by atoms with E-state index in [4.69, 9.17) is 0 Å². The molecule has 0 unspecified atom stereocenters. The molecule has 0 radical (unpaired) electrons. The molecule has 6 heteroatoms. The van der Waals surface area contributed by atoms with E-state index in [1.807, 2.05) is 24.3 Å². The summed E-state index contributed by atoms with van der Waals surface area (Å²) < 4.78 is 1.39. The van der Waals surface area contributed by atoms with Crippen LogP contribution in [0.5, 0.6) is 0 Å². The topological polar surface area (TPSA) is 84.8 Å². The predicted octanol–water partition coefficient (Wildman–Crippen LogP) is 2.25. The number of hydrogen-bond donors (Lipinski definition) is 1. The molecule has 0 saturated heterocycles. The van der Waals surface area contributed by atoms with Crippen LogP contribution >= 0.6 is 11.8 Å². The zero-order valence-corrected chi connectivity index (χ0v) is 11.3. The van der Waals surface area contributed by atoms with Crippen LogP contribution in [0.2, 0.25) is 0 Å². The van der Waals surface area contributed by atoms with Crippen molar-refractivity contribution in [2.75, 3.05) is 6.26 Å². The van der Waals surface area contributed by atoms with Gasteiger partial charge in [0.2, 0.25) is 0 Å². The lowest BCUT2D eigenvalue weighted by Crippen LogP contribution is -2.18. The summed E-state index contributed by atoms with van der Waals surface area (Å²) in [5.74, 6) is 0. The number of para-hydroxylation sites is 2. The Bertz CT molecular complexity index is 985. The number of aromatic nitrogens is 2. The van der Waals surface area contributed by atoms with E-state index in [1.165, 1.54) is 16.2 Å². The van der Waals surface area contributed by atoms with E-state index < -0.39 is 5.56 Å². The van der Waals surface area contributed by atoms with E-state index in [9.17, 15) is 15.3 Å². The number of nitrogens with zero attached hydrogens (tertiary/aromatic N) is 3. The quantitative estimate of drug-likeness (QED) is 0.693. The molecular formula is C14H8N4OS. The number of thioether (sulfide) groups is 1. The molecule has 0 fully saturated rings. The molecule has 0 saturated carbocycles. The number of aromatic amines is 1. The van der Waals surface area contributed by atoms with Gasteiger partial charge in [0.25, 0.3) is 5.56 Å². The number of H-pyrrole nitrogens is 1. The van der Waals surface area contributed by atoms with E-state index >= 15 is 0 Å². The van der Waals surface area contributed by atoms with E-state index in [-0.39, 0.29) is 5.56 Å². The van der Waals surface area contributed by atoms with Crippen molar-refractivity contribution in [2.24, 2.45) is 0 Å². The first-order chi connectivity index (χ1) is 9.72. The van der Waals surface area contributed by atoms with Crippen molar-refractivity contribution in [1.82, 2.24) is 9.38 Å². The number of pyridine rings is 1. The fourth-order valence-corrected chi connectivity index (χ4v) is 2.99. The van der Waals surface area contributed by atoms with E-state index in [2.05, 4.69) is 11.1 Å². The lowest BCUT2D eigenvalue weighted by atomic mass is 10.2. The monoisotopic (exact) mass is 280 g/mol. The highest BCUT2D eigenvalue weighted by atomic mass is 32.2. The summed E-state index contributed by atoms with van der Waals surface area (Å²) in [6.07, 6.45) is 1.75. The minimum Gasteiger partial charge on any atom is -0.338 e. The molecular weight excluding hydrogens is 272 g/mol. The molecule has 2 heterocycles. The predicted molar refractivity (Wildman–Crippen MR) is 76.7 cm³/mol. The Morgan fingerprint density at radius 3 is 2.55 bits per heavy atom. The zero-order chi connectivity index (χ0) is 14.3. The van der Waals surface area contributed by atoms with Gasteiger partial charge >= 0.3 is 0 Å². The van der Waals surface area contributed by atoms with Crippen LogP contribution in [-0.4, -0.2) is 15.6 Å². The molecule has 1 aromatic carbocycles. The smallest absolute Gasteiger partial charge is 0.275 e. The first-order valence-corrected chi connectivity index (χ1v) is 6.99. The molecule has 5 nitrogen and oxygen atoms in total. The van der Waals surface area contributed by atoms with Crippen molar-refractivity contribution < 1.29 is 0 Å². The van der Waals surface area contributed by atoms with Crippen LogP contribution in [0.15, 0.2) is 34.0 Å². The van der Waals surface area contributed by atoms with Crippen molar-refractivity contribution in [3.63, 3.8) is 0 Å². The Kier molecular flexibility index (Phi) is 2.74. The molecule has 0 aliphatic heterocycles. The van der Waals surface area contributed by atoms with Gasteiger partial charge in [-0.25, -0.2) is 0 Å². The fourth-order valence-electron chi connectivity index (χ4n) is 2.31. The number of fused-ring (bicyclic) bond motifs is 3. The highest BCUT2D eigenvalue weighted by molar-refractivity contribution is 7.98. The van der Waals surface area contributed by atoms with E-state index in [0.717, 1.165) is 5.52 Å². The Hall–Kier alpha value is -2.70. The van der Waals surface area contributed by atoms with Crippen LogP contribution in [-0.2, 0) is 0 Å². The van der Waals surface area contributed by atoms with Gasteiger partial charge < -0.3 is 4.98 Å². The van der Waals surface area contributed by atoms with Crippen molar-refractivity contribution in [3.8, 4) is 12.1 Å². The van der Waals surface area contributed by atoms with Gasteiger partial charge in [0.05, 0.1) is 15.9 Å². The highest BCUT2D eigenvalue weighted by Gasteiger charge is 2.20. The van der Waals surface area contributed by atoms with E-state index in [1.54, 1.807) is 12.3 Å². The Morgan fingerprint density at radius 1 is 1.20 bits per heavy atom. The second-order valence-corrected chi connectivity index (χ2v) is 4.95. The van der Waals surface area contributed by atoms with Crippen molar-refractivity contribution >= 4 is 28.4 Å². The third kappa shape index (κ3) is 1.46. The average molecular weight is 280 g/mol. The Labute approximate surface area is 118 Å². The molecule has 3 rings (SSSR count). The second kappa shape index (κ2) is 4.44. The Balaban J connectivity index is 2.71. The summed E-state index contributed by atoms with van der Waals surface area (Å²) in [4.78, 5) is 16.0. The molecule has 3 aromatic rings. The van der Waals surface area contributed by atoms with Crippen LogP contribution in [0.25, 0.3) is 16.7 Å². The van der Waals surface area contributed by atoms with Crippen LogP contribution in [0.1, 0.15) is 11.1 Å². The van der Waals surface area contributed by atoms with Crippen LogP contribution < -0.4 is 5.56 Å². The third-order valence-corrected chi connectivity index (χ3v) is 3.97. The maximum atomic E-state index is 12.5. The summed E-state index contributed by atoms with van der Waals surface area (Å²) in [6, 6.07) is 11.3. The second-order valence-electron chi connectivity index (χ2n) is 4.14. The summed E-state index contributed by atoms with van der Waals surface area (Å²) in [7, 11) is 0. The number of imidazole rings is 1. The van der Waals surface area contributed by atoms with Gasteiger partial charge in [-0.15, -0.1) is 11.8 Å². The normalized spacial score (nSPS) is 10.6. The molecule has 0 amide bonds. The van der Waals surface area contributed by atoms with Crippen molar-refractivity contribution in [1.29, 1.82) is 10.5 Å². The molecule has 0 atom stereocenters. The van der Waals surface area contributed by atoms with Crippen LogP contribution in [0, 0.1) is 22.7 Å². The maximum absolute atomic E-state index is 12.5. The van der Waals surface area contributed by atoms with Gasteiger partial charge in [-0.2, -0.15) is 10.5 Å². The van der Waals surface area contributed by atoms with Gasteiger partial charge in [0, 0.05) is 0 Å². The van der Waals surface area contributed by atoms with E-state index in [0.29, 0.717) is 21.6 Å². The van der Waals surface area contributed by atoms with Crippen molar-refractivity contribution in [2.45, 2.75) is 4.90 Å². The maximum Gasteiger partial charge on any atom is 0.275 e. The third-order valence-electron chi connectivity index (χ3n) is 3.16. The average Bonchev–Trinajstić information content (AvgIpc) is 2.86. The summed E-state index contributed by atoms with van der Waals surface area (Å²) >= 11 is 1.23. The summed E-state index contributed by atoms with van der Waals surface area (Å²) in [6.45, 7) is 0. The van der Waals surface area contributed by atoms with Crippen molar-refractivity contribution in [3.05, 3.63) is 45.7 Å². The molecule has 0 bridgehead atoms. The highest BCUT2D eigenvalue weighted by Crippen LogP contribution is 2.27. The standard InChI is InChI=1S/C14H8N4OS/c1-20-12-8(6-15)13-17-10-4-2-3-5-11(10)18(13)14(19)9(12)7-16/h2-5,17H,1H3. The minimum absolute atomic E-state index is 0.0105. The summed E-state index contributed by atoms with van der Waals surface area (Å²) in [5, 5.41) is 18.6. The number of rotatable bonds is 1. The number of benzene rings is 1. The summed E-state index contributed by atoms with van der Waals surface area (Å²) in [5.41, 5.74) is 1.78. The lowest BCUT2D eigenvalue weighted by molar-refractivity contribution is 1.09. The molecule has 0 aliphatic rings. The van der Waals surface area contributed by atoms with Gasteiger partial charge in [0.15, 0.2) is 0 Å². The largest absolute Gasteiger partial charge is 0.338 e. The zero-order valence-electron chi connectivity index (χ0n) is 10.5. The first-order valence-electron chi connectivity index (χ1n) is 5.76. The molecule has 1 N–H and O–H groups in total. The first kappa shape index (κ1) is 12.3.